The van der Waals surface area contributed by atoms with Crippen LogP contribution in [-0.2, 0) is 15.7 Å². The van der Waals surface area contributed by atoms with Crippen molar-refractivity contribution in [3.05, 3.63) is 83.5 Å². The Bertz CT molecular complexity index is 1330. The molecule has 0 spiro atoms. The van der Waals surface area contributed by atoms with E-state index in [-0.39, 0.29) is 5.25 Å². The van der Waals surface area contributed by atoms with Gasteiger partial charge in [0.2, 0.25) is 0 Å². The lowest BCUT2D eigenvalue weighted by Gasteiger charge is -2.41. The van der Waals surface area contributed by atoms with Crippen molar-refractivity contribution in [3.8, 4) is 21.7 Å². The third kappa shape index (κ3) is 3.72. The molecule has 0 aliphatic heterocycles. The average molecular weight is 464 g/mol. The molecule has 32 heavy (non-hydrogen) atoms. The summed E-state index contributed by atoms with van der Waals surface area (Å²) in [7, 11) is -3.92. The summed E-state index contributed by atoms with van der Waals surface area (Å²) in [6, 6.07) is 21.5. The first-order valence-corrected chi connectivity index (χ1v) is 13.7. The van der Waals surface area contributed by atoms with Crippen LogP contribution in [0, 0.1) is 6.92 Å². The highest BCUT2D eigenvalue weighted by Gasteiger charge is 2.41. The van der Waals surface area contributed by atoms with Crippen molar-refractivity contribution in [1.29, 1.82) is 0 Å². The van der Waals surface area contributed by atoms with Crippen LogP contribution in [0.25, 0.3) is 21.7 Å². The van der Waals surface area contributed by atoms with Gasteiger partial charge in [0.1, 0.15) is 5.03 Å². The molecule has 0 aliphatic carbocycles. The predicted octanol–water partition coefficient (Wildman–Crippen LogP) is 6.26. The Balaban J connectivity index is 1.93. The van der Waals surface area contributed by atoms with E-state index >= 15 is 0 Å². The van der Waals surface area contributed by atoms with Crippen molar-refractivity contribution in [2.24, 2.45) is 5.14 Å². The Morgan fingerprint density at radius 3 is 2.41 bits per heavy atom. The highest BCUT2D eigenvalue weighted by molar-refractivity contribution is 8.18. The van der Waals surface area contributed by atoms with Crippen LogP contribution >= 0.6 is 11.3 Å². The minimum absolute atomic E-state index is 0.318. The minimum atomic E-state index is -3.92. The molecule has 0 fully saturated rings. The van der Waals surface area contributed by atoms with Gasteiger partial charge in [-0.25, -0.2) is 9.97 Å². The third-order valence-corrected chi connectivity index (χ3v) is 11.3. The largest absolute Gasteiger partial charge is 0.263 e. The number of hydrogen-bond donors (Lipinski definition) is 1. The van der Waals surface area contributed by atoms with Gasteiger partial charge in [0.15, 0.2) is 0 Å². The van der Waals surface area contributed by atoms with Crippen molar-refractivity contribution in [2.75, 3.05) is 0 Å². The lowest BCUT2D eigenvalue weighted by Crippen LogP contribution is -2.51. The van der Waals surface area contributed by atoms with E-state index in [1.165, 1.54) is 5.56 Å². The Morgan fingerprint density at radius 1 is 1.00 bits per heavy atom. The molecular weight excluding hydrogens is 434 g/mol. The van der Waals surface area contributed by atoms with Gasteiger partial charge in [0.05, 0.1) is 15.6 Å². The molecule has 0 aliphatic rings. The van der Waals surface area contributed by atoms with E-state index in [9.17, 15) is 4.21 Å². The van der Waals surface area contributed by atoms with Crippen molar-refractivity contribution in [2.45, 2.75) is 49.3 Å². The van der Waals surface area contributed by atoms with Crippen molar-refractivity contribution in [3.63, 3.8) is 0 Å². The van der Waals surface area contributed by atoms with Gasteiger partial charge in [0.25, 0.3) is 0 Å². The molecule has 166 valence electrons. The van der Waals surface area contributed by atoms with Crippen molar-refractivity contribution >= 4 is 20.6 Å². The van der Waals surface area contributed by atoms with Gasteiger partial charge >= 0.3 is 0 Å². The fourth-order valence-electron chi connectivity index (χ4n) is 3.82. The van der Waals surface area contributed by atoms with E-state index in [0.717, 1.165) is 33.1 Å². The normalized spacial score (nSPS) is 13.1. The van der Waals surface area contributed by atoms with Crippen LogP contribution in [0.4, 0.5) is 0 Å². The van der Waals surface area contributed by atoms with E-state index in [1.807, 2.05) is 56.3 Å². The van der Waals surface area contributed by atoms with Gasteiger partial charge in [-0.15, -0.1) is 11.3 Å². The van der Waals surface area contributed by atoms with E-state index in [4.69, 9.17) is 10.1 Å². The highest BCUT2D eigenvalue weighted by Crippen LogP contribution is 2.43. The summed E-state index contributed by atoms with van der Waals surface area (Å²) in [6.45, 7) is 7.99. The number of aromatic nitrogens is 2. The number of thiazole rings is 1. The monoisotopic (exact) mass is 463 g/mol. The maximum absolute atomic E-state index is 14.6. The second-order valence-corrected chi connectivity index (χ2v) is 13.4. The lowest BCUT2D eigenvalue weighted by molar-refractivity contribution is 0.641. The Hall–Kier alpha value is -2.67. The van der Waals surface area contributed by atoms with E-state index in [0.29, 0.717) is 9.92 Å². The fourth-order valence-corrected chi connectivity index (χ4v) is 7.47. The van der Waals surface area contributed by atoms with Gasteiger partial charge in [-0.1, -0.05) is 62.7 Å². The van der Waals surface area contributed by atoms with Gasteiger partial charge in [-0.05, 0) is 49.2 Å². The van der Waals surface area contributed by atoms with Crippen LogP contribution in [0.15, 0.2) is 82.8 Å². The number of hydrogen-bond acceptors (Lipinski definition) is 4. The smallest absolute Gasteiger partial charge is 0.122 e. The average Bonchev–Trinajstić information content (AvgIpc) is 3.24. The van der Waals surface area contributed by atoms with Gasteiger partial charge < -0.3 is 0 Å². The molecule has 0 unspecified atom stereocenters. The molecule has 2 aromatic heterocycles. The molecular formula is C26H29N3OS2. The minimum Gasteiger partial charge on any atom is -0.263 e. The van der Waals surface area contributed by atoms with Crippen LogP contribution in [0.5, 0.6) is 0 Å². The number of pyridine rings is 1. The van der Waals surface area contributed by atoms with Crippen LogP contribution < -0.4 is 5.14 Å². The highest BCUT2D eigenvalue weighted by atomic mass is 32.3. The molecule has 4 aromatic rings. The first kappa shape index (κ1) is 22.5. The summed E-state index contributed by atoms with van der Waals surface area (Å²) in [5.41, 5.74) is 4.14. The predicted molar refractivity (Wildman–Crippen MR) is 135 cm³/mol. The van der Waals surface area contributed by atoms with Crippen LogP contribution in [0.1, 0.15) is 31.3 Å². The number of nitrogens with two attached hydrogens (primary N) is 1. The second kappa shape index (κ2) is 8.35. The summed E-state index contributed by atoms with van der Waals surface area (Å²) >= 11 is 1.67. The maximum Gasteiger partial charge on any atom is 0.122 e. The summed E-state index contributed by atoms with van der Waals surface area (Å²) < 4.78 is 14.6. The molecule has 0 saturated heterocycles. The molecule has 2 heterocycles. The van der Waals surface area contributed by atoms with Crippen molar-refractivity contribution < 1.29 is 4.21 Å². The molecule has 2 aromatic carbocycles. The Morgan fingerprint density at radius 2 is 1.75 bits per heavy atom. The zero-order chi connectivity index (χ0) is 23.0. The molecule has 0 amide bonds. The van der Waals surface area contributed by atoms with Crippen molar-refractivity contribution in [1.82, 2.24) is 9.97 Å². The quantitative estimate of drug-likeness (QED) is 0.367. The van der Waals surface area contributed by atoms with Crippen LogP contribution in [0.3, 0.4) is 0 Å². The first-order chi connectivity index (χ1) is 15.2. The summed E-state index contributed by atoms with van der Waals surface area (Å²) in [5.74, 6) is 0. The zero-order valence-corrected chi connectivity index (χ0v) is 20.5. The fraction of sp³-hybridized carbons (Fsp3) is 0.231. The molecule has 0 radical (unpaired) electrons. The second-order valence-electron chi connectivity index (χ2n) is 8.32. The maximum atomic E-state index is 14.6. The molecule has 0 bridgehead atoms. The number of nitrogens with zero attached hydrogens (tertiary/aromatic N) is 2. The standard InChI is InChI=1S/C26H29N3OS2/c1-5-23-29-25(20-11-9-10-19(4)16-20)26(31-23)21-14-15-28-24(17-21)32(27,30,18(2)3)22-12-7-6-8-13-22/h6-18H,5H2,1-4H3,(H2,27,30). The SMILES string of the molecule is CCc1nc(-c2cccc(C)c2)c(-c2ccnc(S(N)(=O)(c3ccccc3)C(C)C)c2)s1. The van der Waals surface area contributed by atoms with Gasteiger partial charge in [-0.3, -0.25) is 9.35 Å². The third-order valence-electron chi connectivity index (χ3n) is 5.86. The summed E-state index contributed by atoms with van der Waals surface area (Å²) in [6.07, 6.45) is 2.57. The van der Waals surface area contributed by atoms with E-state index < -0.39 is 9.25 Å². The van der Waals surface area contributed by atoms with Gasteiger partial charge in [0, 0.05) is 31.2 Å². The molecule has 6 heteroatoms. The van der Waals surface area contributed by atoms with Crippen LogP contribution in [-0.4, -0.2) is 19.4 Å². The first-order valence-electron chi connectivity index (χ1n) is 10.8. The number of rotatable bonds is 6. The Kier molecular flexibility index (Phi) is 5.88. The summed E-state index contributed by atoms with van der Waals surface area (Å²) in [4.78, 5) is 11.1. The number of benzene rings is 2. The molecule has 0 atom stereocenters. The Labute approximate surface area is 194 Å². The molecule has 4 rings (SSSR count). The lowest BCUT2D eigenvalue weighted by atomic mass is 10.1. The molecule has 4 nitrogen and oxygen atoms in total. The number of aryl methyl sites for hydroxylation is 2. The molecule has 2 N–H and O–H groups in total. The zero-order valence-electron chi connectivity index (χ0n) is 18.9. The van der Waals surface area contributed by atoms with E-state index in [1.54, 1.807) is 17.5 Å². The summed E-state index contributed by atoms with van der Waals surface area (Å²) in [5, 5.41) is 8.01. The van der Waals surface area contributed by atoms with E-state index in [2.05, 4.69) is 43.1 Å². The van der Waals surface area contributed by atoms with Crippen LogP contribution in [0.2, 0.25) is 0 Å². The topological polar surface area (TPSA) is 68.9 Å². The molecule has 0 saturated carbocycles. The van der Waals surface area contributed by atoms with Gasteiger partial charge in [-0.2, -0.15) is 0 Å².